The van der Waals surface area contributed by atoms with Crippen molar-refractivity contribution in [1.29, 1.82) is 5.26 Å². The monoisotopic (exact) mass is 235 g/mol. The highest BCUT2D eigenvalue weighted by atomic mass is 32.1. The van der Waals surface area contributed by atoms with Crippen molar-refractivity contribution in [1.82, 2.24) is 9.88 Å². The molecule has 1 aliphatic rings. The summed E-state index contributed by atoms with van der Waals surface area (Å²) in [5.74, 6) is 0.568. The van der Waals surface area contributed by atoms with E-state index in [2.05, 4.69) is 4.98 Å². The number of likely N-dealkylation sites (tertiary alicyclic amines) is 1. The Morgan fingerprint density at radius 3 is 2.81 bits per heavy atom. The van der Waals surface area contributed by atoms with E-state index in [-0.39, 0.29) is 5.91 Å². The fourth-order valence-electron chi connectivity index (χ4n) is 1.97. The quantitative estimate of drug-likeness (QED) is 0.745. The van der Waals surface area contributed by atoms with Crippen LogP contribution in [0.3, 0.4) is 0 Å². The second-order valence-corrected chi connectivity index (χ2v) is 4.85. The first-order chi connectivity index (χ1) is 7.70. The Bertz CT molecular complexity index is 427. The largest absolute Gasteiger partial charge is 0.343 e. The molecule has 4 nitrogen and oxygen atoms in total. The number of hydrogen-bond acceptors (Lipinski definition) is 4. The SMILES string of the molecule is CC(=O)N1CCC(c2nc(C#N)cs2)CC1. The van der Waals surface area contributed by atoms with Crippen molar-refractivity contribution in [3.8, 4) is 6.07 Å². The molecule has 2 rings (SSSR count). The van der Waals surface area contributed by atoms with Crippen LogP contribution in [0.2, 0.25) is 0 Å². The van der Waals surface area contributed by atoms with E-state index in [0.717, 1.165) is 30.9 Å². The molecule has 0 spiro atoms. The number of amides is 1. The van der Waals surface area contributed by atoms with Gasteiger partial charge in [-0.1, -0.05) is 0 Å². The fourth-order valence-corrected chi connectivity index (χ4v) is 2.88. The highest BCUT2D eigenvalue weighted by Crippen LogP contribution is 2.30. The molecule has 16 heavy (non-hydrogen) atoms. The lowest BCUT2D eigenvalue weighted by Crippen LogP contribution is -2.36. The van der Waals surface area contributed by atoms with Gasteiger partial charge in [-0.05, 0) is 12.8 Å². The number of hydrogen-bond donors (Lipinski definition) is 0. The number of thiazole rings is 1. The molecule has 0 atom stereocenters. The number of nitriles is 1. The summed E-state index contributed by atoms with van der Waals surface area (Å²) in [4.78, 5) is 17.3. The zero-order valence-corrected chi connectivity index (χ0v) is 9.96. The first-order valence-electron chi connectivity index (χ1n) is 5.31. The van der Waals surface area contributed by atoms with Crippen molar-refractivity contribution in [3.63, 3.8) is 0 Å². The number of carbonyl (C=O) groups is 1. The van der Waals surface area contributed by atoms with E-state index in [9.17, 15) is 4.79 Å². The van der Waals surface area contributed by atoms with Gasteiger partial charge in [0.05, 0.1) is 5.01 Å². The van der Waals surface area contributed by atoms with Gasteiger partial charge < -0.3 is 4.90 Å². The molecule has 1 amide bonds. The number of rotatable bonds is 1. The first-order valence-corrected chi connectivity index (χ1v) is 6.19. The fraction of sp³-hybridized carbons (Fsp3) is 0.545. The topological polar surface area (TPSA) is 57.0 Å². The molecule has 0 radical (unpaired) electrons. The van der Waals surface area contributed by atoms with Gasteiger partial charge in [0.25, 0.3) is 0 Å². The van der Waals surface area contributed by atoms with Crippen LogP contribution in [0.4, 0.5) is 0 Å². The minimum absolute atomic E-state index is 0.148. The van der Waals surface area contributed by atoms with E-state index in [1.54, 1.807) is 23.6 Å². The number of nitrogens with zero attached hydrogens (tertiary/aromatic N) is 3. The number of piperidine rings is 1. The lowest BCUT2D eigenvalue weighted by Gasteiger charge is -2.30. The summed E-state index contributed by atoms with van der Waals surface area (Å²) in [5.41, 5.74) is 0.508. The molecule has 1 aliphatic heterocycles. The maximum atomic E-state index is 11.2. The smallest absolute Gasteiger partial charge is 0.219 e. The molecule has 0 N–H and O–H groups in total. The molecule has 1 saturated heterocycles. The molecule has 5 heteroatoms. The van der Waals surface area contributed by atoms with E-state index in [1.165, 1.54) is 0 Å². The zero-order chi connectivity index (χ0) is 11.5. The molecule has 0 bridgehead atoms. The summed E-state index contributed by atoms with van der Waals surface area (Å²) >= 11 is 1.55. The summed E-state index contributed by atoms with van der Waals surface area (Å²) in [6, 6.07) is 2.05. The molecule has 2 heterocycles. The van der Waals surface area contributed by atoms with Crippen molar-refractivity contribution >= 4 is 17.2 Å². The van der Waals surface area contributed by atoms with Crippen LogP contribution < -0.4 is 0 Å². The summed E-state index contributed by atoms with van der Waals surface area (Å²) in [6.45, 7) is 3.22. The minimum atomic E-state index is 0.148. The lowest BCUT2D eigenvalue weighted by molar-refractivity contribution is -0.129. The Morgan fingerprint density at radius 2 is 2.31 bits per heavy atom. The molecule has 0 aliphatic carbocycles. The standard InChI is InChI=1S/C11H13N3OS/c1-8(15)14-4-2-9(3-5-14)11-13-10(6-12)7-16-11/h7,9H,2-5H2,1H3. The van der Waals surface area contributed by atoms with Gasteiger partial charge in [-0.3, -0.25) is 4.79 Å². The number of carbonyl (C=O) groups excluding carboxylic acids is 1. The Labute approximate surface area is 98.5 Å². The van der Waals surface area contributed by atoms with Gasteiger partial charge in [-0.2, -0.15) is 5.26 Å². The Kier molecular flexibility index (Phi) is 3.20. The summed E-state index contributed by atoms with van der Waals surface area (Å²) in [5, 5.41) is 11.5. The van der Waals surface area contributed by atoms with E-state index in [0.29, 0.717) is 11.6 Å². The van der Waals surface area contributed by atoms with Gasteiger partial charge in [-0.25, -0.2) is 4.98 Å². The van der Waals surface area contributed by atoms with Crippen molar-refractivity contribution < 1.29 is 4.79 Å². The maximum Gasteiger partial charge on any atom is 0.219 e. The Hall–Kier alpha value is -1.41. The average molecular weight is 235 g/mol. The molecule has 84 valence electrons. The highest BCUT2D eigenvalue weighted by molar-refractivity contribution is 7.09. The van der Waals surface area contributed by atoms with Crippen molar-refractivity contribution in [2.75, 3.05) is 13.1 Å². The van der Waals surface area contributed by atoms with Crippen LogP contribution in [0.25, 0.3) is 0 Å². The van der Waals surface area contributed by atoms with Crippen LogP contribution >= 0.6 is 11.3 Å². The van der Waals surface area contributed by atoms with E-state index in [4.69, 9.17) is 5.26 Å². The first kappa shape index (κ1) is 11.1. The normalized spacial score (nSPS) is 17.1. The summed E-state index contributed by atoms with van der Waals surface area (Å²) in [6.07, 6.45) is 1.91. The van der Waals surface area contributed by atoms with Gasteiger partial charge in [-0.15, -0.1) is 11.3 Å². The van der Waals surface area contributed by atoms with E-state index < -0.39 is 0 Å². The van der Waals surface area contributed by atoms with Crippen LogP contribution in [-0.2, 0) is 4.79 Å². The van der Waals surface area contributed by atoms with Gasteiger partial charge in [0, 0.05) is 31.3 Å². The highest BCUT2D eigenvalue weighted by Gasteiger charge is 2.23. The predicted molar refractivity (Wildman–Crippen MR) is 61.1 cm³/mol. The van der Waals surface area contributed by atoms with Crippen molar-refractivity contribution in [3.05, 3.63) is 16.1 Å². The predicted octanol–water partition coefficient (Wildman–Crippen LogP) is 1.74. The van der Waals surface area contributed by atoms with Crippen LogP contribution in [0, 0.1) is 11.3 Å². The third-order valence-corrected chi connectivity index (χ3v) is 3.93. The van der Waals surface area contributed by atoms with Gasteiger partial charge in [0.2, 0.25) is 5.91 Å². The zero-order valence-electron chi connectivity index (χ0n) is 9.14. The van der Waals surface area contributed by atoms with Crippen molar-refractivity contribution in [2.45, 2.75) is 25.7 Å². The molecule has 0 unspecified atom stereocenters. The van der Waals surface area contributed by atoms with Crippen LogP contribution in [0.1, 0.15) is 36.4 Å². The van der Waals surface area contributed by atoms with Crippen LogP contribution in [0.15, 0.2) is 5.38 Å². The third kappa shape index (κ3) is 2.22. The second kappa shape index (κ2) is 4.62. The van der Waals surface area contributed by atoms with E-state index in [1.807, 2.05) is 11.0 Å². The van der Waals surface area contributed by atoms with Crippen LogP contribution in [0.5, 0.6) is 0 Å². The summed E-state index contributed by atoms with van der Waals surface area (Å²) in [7, 11) is 0. The summed E-state index contributed by atoms with van der Waals surface area (Å²) < 4.78 is 0. The Morgan fingerprint density at radius 1 is 1.62 bits per heavy atom. The Balaban J connectivity index is 1.99. The van der Waals surface area contributed by atoms with Gasteiger partial charge in [0.15, 0.2) is 5.69 Å². The molecule has 1 fully saturated rings. The number of aromatic nitrogens is 1. The third-order valence-electron chi connectivity index (χ3n) is 2.93. The molecule has 0 saturated carbocycles. The molecule has 1 aromatic heterocycles. The molecular weight excluding hydrogens is 222 g/mol. The molecular formula is C11H13N3OS. The molecule has 1 aromatic rings. The minimum Gasteiger partial charge on any atom is -0.343 e. The van der Waals surface area contributed by atoms with E-state index >= 15 is 0 Å². The second-order valence-electron chi connectivity index (χ2n) is 3.96. The van der Waals surface area contributed by atoms with Gasteiger partial charge in [0.1, 0.15) is 6.07 Å². The average Bonchev–Trinajstić information content (AvgIpc) is 2.77. The molecule has 0 aromatic carbocycles. The maximum absolute atomic E-state index is 11.2. The van der Waals surface area contributed by atoms with Gasteiger partial charge >= 0.3 is 0 Å². The van der Waals surface area contributed by atoms with Crippen LogP contribution in [-0.4, -0.2) is 28.9 Å². The lowest BCUT2D eigenvalue weighted by atomic mass is 9.97. The van der Waals surface area contributed by atoms with Crippen molar-refractivity contribution in [2.24, 2.45) is 0 Å².